The average Bonchev–Trinajstić information content (AvgIpc) is 3.36. The van der Waals surface area contributed by atoms with E-state index in [-0.39, 0.29) is 29.5 Å². The first kappa shape index (κ1) is 24.5. The van der Waals surface area contributed by atoms with Crippen molar-refractivity contribution in [1.82, 2.24) is 10.2 Å². The van der Waals surface area contributed by atoms with Gasteiger partial charge in [0.05, 0.1) is 11.1 Å². The molecule has 1 N–H and O–H groups in total. The highest BCUT2D eigenvalue weighted by molar-refractivity contribution is 5.92. The Morgan fingerprint density at radius 1 is 0.917 bits per heavy atom. The summed E-state index contributed by atoms with van der Waals surface area (Å²) in [4.78, 5) is 24.3. The Morgan fingerprint density at radius 2 is 1.67 bits per heavy atom. The van der Waals surface area contributed by atoms with Gasteiger partial charge in [0.15, 0.2) is 13.2 Å². The maximum Gasteiger partial charge on any atom is 0.416 e. The van der Waals surface area contributed by atoms with Crippen LogP contribution in [0, 0.1) is 0 Å². The normalized spacial score (nSPS) is 11.1. The summed E-state index contributed by atoms with van der Waals surface area (Å²) in [7, 11) is 0. The molecule has 0 atom stereocenters. The minimum absolute atomic E-state index is 0.00588. The van der Waals surface area contributed by atoms with Crippen molar-refractivity contribution >= 4 is 17.6 Å². The third-order valence-electron chi connectivity index (χ3n) is 4.75. The minimum atomic E-state index is -4.52. The standard InChI is InChI=1S/C25H18F3N3O5/c26-25(27,28)18-7-4-8-19(13-18)29-21(32)14-34-20-11-9-17(10-12-20)24(33)35-15-22-30-31-23(36-22)16-5-2-1-3-6-16/h1-13H,14-15H2,(H,29,32). The number of nitrogens with one attached hydrogen (secondary N) is 1. The molecule has 1 aromatic heterocycles. The predicted octanol–water partition coefficient (Wildman–Crippen LogP) is 5.13. The summed E-state index contributed by atoms with van der Waals surface area (Å²) in [5, 5.41) is 10.1. The molecule has 0 spiro atoms. The lowest BCUT2D eigenvalue weighted by Gasteiger charge is -2.10. The molecule has 3 aromatic carbocycles. The van der Waals surface area contributed by atoms with Gasteiger partial charge >= 0.3 is 12.1 Å². The number of esters is 1. The Balaban J connectivity index is 1.25. The molecule has 8 nitrogen and oxygen atoms in total. The van der Waals surface area contributed by atoms with E-state index in [1.165, 1.54) is 36.4 Å². The van der Waals surface area contributed by atoms with Gasteiger partial charge in [-0.1, -0.05) is 24.3 Å². The van der Waals surface area contributed by atoms with Gasteiger partial charge < -0.3 is 19.2 Å². The van der Waals surface area contributed by atoms with Crippen LogP contribution in [0.4, 0.5) is 18.9 Å². The van der Waals surface area contributed by atoms with Gasteiger partial charge in [0.1, 0.15) is 5.75 Å². The quantitative estimate of drug-likeness (QED) is 0.337. The Bertz CT molecular complexity index is 1340. The zero-order valence-electron chi connectivity index (χ0n) is 18.5. The van der Waals surface area contributed by atoms with Crippen molar-refractivity contribution in [2.24, 2.45) is 0 Å². The number of rotatable bonds is 8. The zero-order chi connectivity index (χ0) is 25.5. The maximum atomic E-state index is 12.8. The third-order valence-corrected chi connectivity index (χ3v) is 4.75. The van der Waals surface area contributed by atoms with E-state index >= 15 is 0 Å². The number of ether oxygens (including phenoxy) is 2. The maximum absolute atomic E-state index is 12.8. The number of carbonyl (C=O) groups is 2. The van der Waals surface area contributed by atoms with E-state index in [0.29, 0.717) is 5.89 Å². The number of nitrogens with zero attached hydrogens (tertiary/aromatic N) is 2. The summed E-state index contributed by atoms with van der Waals surface area (Å²) in [6.07, 6.45) is -4.52. The SMILES string of the molecule is O=C(COc1ccc(C(=O)OCc2nnc(-c3ccccc3)o2)cc1)Nc1cccc(C(F)(F)F)c1. The Labute approximate surface area is 202 Å². The van der Waals surface area contributed by atoms with Gasteiger partial charge in [-0.05, 0) is 54.6 Å². The Morgan fingerprint density at radius 3 is 2.39 bits per heavy atom. The lowest BCUT2D eigenvalue weighted by atomic mass is 10.2. The molecule has 0 saturated heterocycles. The molecular formula is C25H18F3N3O5. The Kier molecular flexibility index (Phi) is 7.28. The van der Waals surface area contributed by atoms with Crippen LogP contribution in [-0.2, 0) is 22.3 Å². The van der Waals surface area contributed by atoms with Gasteiger partial charge in [0.2, 0.25) is 5.89 Å². The molecule has 0 radical (unpaired) electrons. The van der Waals surface area contributed by atoms with Gasteiger partial charge in [-0.3, -0.25) is 4.79 Å². The molecule has 0 aliphatic heterocycles. The molecule has 1 amide bonds. The Hall–Kier alpha value is -4.67. The van der Waals surface area contributed by atoms with E-state index in [2.05, 4.69) is 15.5 Å². The van der Waals surface area contributed by atoms with Crippen LogP contribution in [0.15, 0.2) is 83.3 Å². The lowest BCUT2D eigenvalue weighted by molar-refractivity contribution is -0.137. The molecule has 0 aliphatic rings. The van der Waals surface area contributed by atoms with E-state index < -0.39 is 30.2 Å². The number of benzene rings is 3. The molecule has 11 heteroatoms. The van der Waals surface area contributed by atoms with Crippen LogP contribution in [0.1, 0.15) is 21.8 Å². The summed E-state index contributed by atoms with van der Waals surface area (Å²) in [5.41, 5.74) is 0.0771. The fourth-order valence-electron chi connectivity index (χ4n) is 3.03. The summed E-state index contributed by atoms with van der Waals surface area (Å²) in [5.74, 6) is -0.570. The number of anilines is 1. The number of hydrogen-bond donors (Lipinski definition) is 1. The molecule has 1 heterocycles. The minimum Gasteiger partial charge on any atom is -0.484 e. The largest absolute Gasteiger partial charge is 0.484 e. The van der Waals surface area contributed by atoms with Crippen molar-refractivity contribution in [3.05, 3.63) is 95.9 Å². The second-order valence-electron chi connectivity index (χ2n) is 7.38. The van der Waals surface area contributed by atoms with Crippen molar-refractivity contribution in [3.63, 3.8) is 0 Å². The summed E-state index contributed by atoms with van der Waals surface area (Å²) >= 11 is 0. The first-order valence-corrected chi connectivity index (χ1v) is 10.5. The molecule has 0 fully saturated rings. The topological polar surface area (TPSA) is 104 Å². The molecule has 0 saturated carbocycles. The van der Waals surface area contributed by atoms with E-state index in [0.717, 1.165) is 17.7 Å². The highest BCUT2D eigenvalue weighted by atomic mass is 19.4. The number of carbonyl (C=O) groups excluding carboxylic acids is 2. The van der Waals surface area contributed by atoms with Gasteiger partial charge in [0, 0.05) is 11.3 Å². The predicted molar refractivity (Wildman–Crippen MR) is 121 cm³/mol. The number of amides is 1. The van der Waals surface area contributed by atoms with Gasteiger partial charge in [-0.2, -0.15) is 13.2 Å². The summed E-state index contributed by atoms with van der Waals surface area (Å²) < 4.78 is 54.3. The molecule has 0 aliphatic carbocycles. The average molecular weight is 497 g/mol. The van der Waals surface area contributed by atoms with Crippen LogP contribution < -0.4 is 10.1 Å². The number of aromatic nitrogens is 2. The molecule has 0 bridgehead atoms. The van der Waals surface area contributed by atoms with Crippen molar-refractivity contribution in [3.8, 4) is 17.2 Å². The summed E-state index contributed by atoms with van der Waals surface area (Å²) in [6, 6.07) is 19.2. The number of halogens is 3. The molecule has 184 valence electrons. The number of alkyl halides is 3. The van der Waals surface area contributed by atoms with Crippen LogP contribution in [0.25, 0.3) is 11.5 Å². The monoisotopic (exact) mass is 497 g/mol. The highest BCUT2D eigenvalue weighted by Gasteiger charge is 2.30. The zero-order valence-corrected chi connectivity index (χ0v) is 18.5. The van der Waals surface area contributed by atoms with Crippen molar-refractivity contribution < 1.29 is 36.7 Å². The van der Waals surface area contributed by atoms with Gasteiger partial charge in [-0.25, -0.2) is 4.79 Å². The van der Waals surface area contributed by atoms with Gasteiger partial charge in [0.25, 0.3) is 11.8 Å². The van der Waals surface area contributed by atoms with E-state index in [9.17, 15) is 22.8 Å². The fourth-order valence-corrected chi connectivity index (χ4v) is 3.03. The smallest absolute Gasteiger partial charge is 0.416 e. The molecule has 36 heavy (non-hydrogen) atoms. The first-order valence-electron chi connectivity index (χ1n) is 10.5. The third kappa shape index (κ3) is 6.47. The fraction of sp³-hybridized carbons (Fsp3) is 0.120. The molecule has 4 rings (SSSR count). The van der Waals surface area contributed by atoms with Crippen LogP contribution in [0.2, 0.25) is 0 Å². The lowest BCUT2D eigenvalue weighted by Crippen LogP contribution is -2.20. The molecule has 0 unspecified atom stereocenters. The molecule has 4 aromatic rings. The van der Waals surface area contributed by atoms with Crippen LogP contribution >= 0.6 is 0 Å². The molecular weight excluding hydrogens is 479 g/mol. The number of hydrogen-bond acceptors (Lipinski definition) is 7. The highest BCUT2D eigenvalue weighted by Crippen LogP contribution is 2.30. The van der Waals surface area contributed by atoms with E-state index in [1.807, 2.05) is 30.3 Å². The first-order chi connectivity index (χ1) is 17.3. The van der Waals surface area contributed by atoms with Crippen LogP contribution in [0.5, 0.6) is 5.75 Å². The van der Waals surface area contributed by atoms with Crippen molar-refractivity contribution in [2.75, 3.05) is 11.9 Å². The van der Waals surface area contributed by atoms with Crippen LogP contribution in [0.3, 0.4) is 0 Å². The van der Waals surface area contributed by atoms with Crippen molar-refractivity contribution in [1.29, 1.82) is 0 Å². The van der Waals surface area contributed by atoms with E-state index in [1.54, 1.807) is 0 Å². The second kappa shape index (κ2) is 10.7. The van der Waals surface area contributed by atoms with Gasteiger partial charge in [-0.15, -0.1) is 10.2 Å². The van der Waals surface area contributed by atoms with Crippen molar-refractivity contribution in [2.45, 2.75) is 12.8 Å². The van der Waals surface area contributed by atoms with Crippen LogP contribution in [-0.4, -0.2) is 28.7 Å². The summed E-state index contributed by atoms with van der Waals surface area (Å²) in [6.45, 7) is -0.659. The second-order valence-corrected chi connectivity index (χ2v) is 7.38. The van der Waals surface area contributed by atoms with E-state index in [4.69, 9.17) is 13.9 Å².